The Hall–Kier alpha value is -3.38. The van der Waals surface area contributed by atoms with Crippen molar-refractivity contribution < 1.29 is 14.3 Å². The number of carbonyl (C=O) groups is 2. The molecule has 0 spiro atoms. The van der Waals surface area contributed by atoms with E-state index in [9.17, 15) is 9.59 Å². The van der Waals surface area contributed by atoms with Gasteiger partial charge in [-0.1, -0.05) is 29.8 Å². The van der Waals surface area contributed by atoms with Gasteiger partial charge in [-0.2, -0.15) is 0 Å². The van der Waals surface area contributed by atoms with Crippen molar-refractivity contribution in [2.24, 2.45) is 0 Å². The van der Waals surface area contributed by atoms with E-state index < -0.39 is 5.97 Å². The van der Waals surface area contributed by atoms with Crippen molar-refractivity contribution in [2.45, 2.75) is 6.54 Å². The summed E-state index contributed by atoms with van der Waals surface area (Å²) in [6.45, 7) is 0.532. The molecule has 2 N–H and O–H groups in total. The monoisotopic (exact) mass is 395 g/mol. The number of rotatable bonds is 6. The van der Waals surface area contributed by atoms with Crippen LogP contribution >= 0.6 is 11.6 Å². The average Bonchev–Trinajstić information content (AvgIpc) is 2.73. The number of halogens is 1. The van der Waals surface area contributed by atoms with Crippen LogP contribution < -0.4 is 10.6 Å². The number of hydrogen-bond acceptors (Lipinski definition) is 5. The van der Waals surface area contributed by atoms with Crippen molar-refractivity contribution in [3.05, 3.63) is 88.6 Å². The predicted octanol–water partition coefficient (Wildman–Crippen LogP) is 4.39. The van der Waals surface area contributed by atoms with Gasteiger partial charge in [0.05, 0.1) is 18.2 Å². The van der Waals surface area contributed by atoms with E-state index >= 15 is 0 Å². The zero-order chi connectivity index (χ0) is 19.9. The Kier molecular flexibility index (Phi) is 6.24. The highest BCUT2D eigenvalue weighted by Crippen LogP contribution is 2.17. The fraction of sp³-hybridized carbons (Fsp3) is 0.0952. The van der Waals surface area contributed by atoms with E-state index in [0.29, 0.717) is 34.2 Å². The van der Waals surface area contributed by atoms with Crippen molar-refractivity contribution in [3.8, 4) is 0 Å². The molecule has 0 unspecified atom stereocenters. The first kappa shape index (κ1) is 19.4. The van der Waals surface area contributed by atoms with Crippen molar-refractivity contribution >= 4 is 35.0 Å². The molecule has 1 aromatic heterocycles. The van der Waals surface area contributed by atoms with Gasteiger partial charge in [0.1, 0.15) is 5.82 Å². The zero-order valence-electron chi connectivity index (χ0n) is 15.1. The van der Waals surface area contributed by atoms with Gasteiger partial charge in [-0.3, -0.25) is 4.79 Å². The van der Waals surface area contributed by atoms with Gasteiger partial charge < -0.3 is 15.4 Å². The van der Waals surface area contributed by atoms with Gasteiger partial charge in [0.25, 0.3) is 5.91 Å². The number of anilines is 2. The molecule has 0 aliphatic rings. The molecule has 1 amide bonds. The molecule has 0 radical (unpaired) electrons. The third-order valence-electron chi connectivity index (χ3n) is 4.01. The molecule has 0 fully saturated rings. The Morgan fingerprint density at radius 3 is 2.36 bits per heavy atom. The minimum Gasteiger partial charge on any atom is -0.465 e. The maximum absolute atomic E-state index is 12.3. The van der Waals surface area contributed by atoms with Crippen LogP contribution in [-0.2, 0) is 11.3 Å². The first-order chi connectivity index (χ1) is 13.6. The van der Waals surface area contributed by atoms with Crippen LogP contribution in [0.15, 0.2) is 66.9 Å². The lowest BCUT2D eigenvalue weighted by Crippen LogP contribution is -2.13. The molecule has 0 aliphatic heterocycles. The highest BCUT2D eigenvalue weighted by molar-refractivity contribution is 6.31. The fourth-order valence-corrected chi connectivity index (χ4v) is 2.67. The maximum Gasteiger partial charge on any atom is 0.337 e. The number of aromatic nitrogens is 1. The Bertz CT molecular complexity index is 973. The molecular formula is C21H18ClN3O3. The summed E-state index contributed by atoms with van der Waals surface area (Å²) in [5.74, 6) is -0.0863. The van der Waals surface area contributed by atoms with Gasteiger partial charge in [-0.15, -0.1) is 0 Å². The van der Waals surface area contributed by atoms with Crippen molar-refractivity contribution in [2.75, 3.05) is 17.7 Å². The lowest BCUT2D eigenvalue weighted by Gasteiger charge is -2.09. The molecule has 0 saturated heterocycles. The van der Waals surface area contributed by atoms with Crippen LogP contribution in [0.1, 0.15) is 26.3 Å². The molecule has 0 atom stereocenters. The maximum atomic E-state index is 12.3. The van der Waals surface area contributed by atoms with Crippen LogP contribution in [0.4, 0.5) is 11.5 Å². The quantitative estimate of drug-likeness (QED) is 0.605. The molecule has 28 heavy (non-hydrogen) atoms. The molecule has 0 bridgehead atoms. The van der Waals surface area contributed by atoms with Crippen LogP contribution in [0, 0.1) is 0 Å². The number of methoxy groups -OCH3 is 1. The van der Waals surface area contributed by atoms with Crippen LogP contribution in [0.3, 0.4) is 0 Å². The third kappa shape index (κ3) is 4.86. The number of pyridine rings is 1. The van der Waals surface area contributed by atoms with Crippen molar-refractivity contribution in [1.82, 2.24) is 4.98 Å². The molecule has 7 heteroatoms. The number of nitrogens with one attached hydrogen (secondary N) is 2. The normalized spacial score (nSPS) is 10.2. The minimum absolute atomic E-state index is 0.295. The third-order valence-corrected chi connectivity index (χ3v) is 4.38. The van der Waals surface area contributed by atoms with E-state index in [1.165, 1.54) is 13.3 Å². The molecule has 1 heterocycles. The summed E-state index contributed by atoms with van der Waals surface area (Å²) in [7, 11) is 1.32. The lowest BCUT2D eigenvalue weighted by molar-refractivity contribution is 0.0600. The van der Waals surface area contributed by atoms with Crippen LogP contribution in [0.5, 0.6) is 0 Å². The molecule has 6 nitrogen and oxygen atoms in total. The summed E-state index contributed by atoms with van der Waals surface area (Å²) >= 11 is 6.13. The smallest absolute Gasteiger partial charge is 0.337 e. The van der Waals surface area contributed by atoms with Gasteiger partial charge in [0, 0.05) is 23.5 Å². The highest BCUT2D eigenvalue weighted by atomic mass is 35.5. The summed E-state index contributed by atoms with van der Waals surface area (Å²) in [4.78, 5) is 28.0. The topological polar surface area (TPSA) is 80.3 Å². The van der Waals surface area contributed by atoms with Crippen LogP contribution in [0.2, 0.25) is 5.02 Å². The van der Waals surface area contributed by atoms with E-state index in [4.69, 9.17) is 11.6 Å². The second-order valence-electron chi connectivity index (χ2n) is 5.90. The molecule has 2 aromatic carbocycles. The summed E-state index contributed by atoms with van der Waals surface area (Å²) in [5, 5.41) is 6.61. The fourth-order valence-electron chi connectivity index (χ4n) is 2.47. The molecule has 0 aliphatic carbocycles. The number of esters is 1. The van der Waals surface area contributed by atoms with Gasteiger partial charge in [0.2, 0.25) is 0 Å². The Morgan fingerprint density at radius 2 is 1.71 bits per heavy atom. The van der Waals surface area contributed by atoms with E-state index in [1.54, 1.807) is 36.4 Å². The number of carbonyl (C=O) groups excluding carboxylic acids is 2. The molecule has 3 aromatic rings. The van der Waals surface area contributed by atoms with Crippen molar-refractivity contribution in [3.63, 3.8) is 0 Å². The first-order valence-corrected chi connectivity index (χ1v) is 8.87. The van der Waals surface area contributed by atoms with Gasteiger partial charge in [-0.05, 0) is 48.0 Å². The molecule has 142 valence electrons. The van der Waals surface area contributed by atoms with Gasteiger partial charge in [-0.25, -0.2) is 9.78 Å². The standard InChI is InChI=1S/C21H18ClN3O3/c1-28-21(27)14-6-9-17(10-7-14)25-20(26)16-8-11-19(24-13-16)23-12-15-4-2-3-5-18(15)22/h2-11,13H,12H2,1H3,(H,23,24)(H,25,26). The number of hydrogen-bond donors (Lipinski definition) is 2. The van der Waals surface area contributed by atoms with Gasteiger partial charge in [0.15, 0.2) is 0 Å². The summed E-state index contributed by atoms with van der Waals surface area (Å²) < 4.78 is 4.64. The second-order valence-corrected chi connectivity index (χ2v) is 6.31. The van der Waals surface area contributed by atoms with E-state index in [0.717, 1.165) is 5.56 Å². The molecule has 3 rings (SSSR count). The summed E-state index contributed by atoms with van der Waals surface area (Å²) in [5.41, 5.74) is 2.36. The number of amides is 1. The van der Waals surface area contributed by atoms with E-state index in [2.05, 4.69) is 20.4 Å². The lowest BCUT2D eigenvalue weighted by atomic mass is 10.2. The van der Waals surface area contributed by atoms with Crippen LogP contribution in [-0.4, -0.2) is 24.0 Å². The van der Waals surface area contributed by atoms with E-state index in [1.807, 2.05) is 24.3 Å². The second kappa shape index (κ2) is 9.01. The average molecular weight is 396 g/mol. The SMILES string of the molecule is COC(=O)c1ccc(NC(=O)c2ccc(NCc3ccccc3Cl)nc2)cc1. The van der Waals surface area contributed by atoms with Gasteiger partial charge >= 0.3 is 5.97 Å². The van der Waals surface area contributed by atoms with E-state index in [-0.39, 0.29) is 5.91 Å². The number of benzene rings is 2. The zero-order valence-corrected chi connectivity index (χ0v) is 15.9. The summed E-state index contributed by atoms with van der Waals surface area (Å²) in [6.07, 6.45) is 1.49. The highest BCUT2D eigenvalue weighted by Gasteiger charge is 2.09. The number of nitrogens with zero attached hydrogens (tertiary/aromatic N) is 1. The molecular weight excluding hydrogens is 378 g/mol. The Labute approximate surface area is 167 Å². The predicted molar refractivity (Wildman–Crippen MR) is 109 cm³/mol. The molecule has 0 saturated carbocycles. The van der Waals surface area contributed by atoms with Crippen molar-refractivity contribution in [1.29, 1.82) is 0 Å². The van der Waals surface area contributed by atoms with Crippen LogP contribution in [0.25, 0.3) is 0 Å². The summed E-state index contributed by atoms with van der Waals surface area (Å²) in [6, 6.07) is 17.4. The first-order valence-electron chi connectivity index (χ1n) is 8.50. The Balaban J connectivity index is 1.59. The number of ether oxygens (including phenoxy) is 1. The minimum atomic E-state index is -0.429. The Morgan fingerprint density at radius 1 is 1.00 bits per heavy atom. The largest absolute Gasteiger partial charge is 0.465 e.